The van der Waals surface area contributed by atoms with Crippen molar-refractivity contribution in [1.29, 1.82) is 0 Å². The van der Waals surface area contributed by atoms with Crippen LogP contribution in [0.15, 0.2) is 42.5 Å². The van der Waals surface area contributed by atoms with Gasteiger partial charge in [0.05, 0.1) is 6.10 Å². The molecule has 1 saturated carbocycles. The predicted octanol–water partition coefficient (Wildman–Crippen LogP) is 4.39. The minimum absolute atomic E-state index is 0.347. The zero-order chi connectivity index (χ0) is 15.6. The van der Waals surface area contributed by atoms with E-state index in [2.05, 4.69) is 47.4 Å². The lowest BCUT2D eigenvalue weighted by molar-refractivity contribution is 0.136. The summed E-state index contributed by atoms with van der Waals surface area (Å²) in [4.78, 5) is 2.59. The van der Waals surface area contributed by atoms with Gasteiger partial charge in [-0.2, -0.15) is 0 Å². The maximum Gasteiger partial charge on any atom is 0.0802 e. The molecule has 3 atom stereocenters. The van der Waals surface area contributed by atoms with E-state index in [0.717, 1.165) is 30.4 Å². The standard InChI is InChI=1S/C21H27NO/c23-21(20-8-7-18-3-1-2-4-19(18)14-20)10-12-22-11-9-16-5-6-17(13-16)15-22/h1-4,7-8,14,16-17,21,23H,5-6,9-13,15H2/t16-,17-,21+/m0/s1. The largest absolute Gasteiger partial charge is 0.388 e. The Balaban J connectivity index is 1.38. The second-order valence-corrected chi connectivity index (χ2v) is 7.55. The number of hydrogen-bond acceptors (Lipinski definition) is 2. The Morgan fingerprint density at radius 2 is 1.83 bits per heavy atom. The van der Waals surface area contributed by atoms with E-state index in [9.17, 15) is 5.11 Å². The number of likely N-dealkylation sites (tertiary alicyclic amines) is 1. The first kappa shape index (κ1) is 15.2. The number of rotatable bonds is 4. The maximum absolute atomic E-state index is 10.6. The van der Waals surface area contributed by atoms with Crippen LogP contribution in [0, 0.1) is 11.8 Å². The summed E-state index contributed by atoms with van der Waals surface area (Å²) in [6.07, 6.45) is 6.19. The van der Waals surface area contributed by atoms with Crippen LogP contribution in [0.4, 0.5) is 0 Å². The fourth-order valence-electron chi connectivity index (χ4n) is 4.52. The summed E-state index contributed by atoms with van der Waals surface area (Å²) in [5.41, 5.74) is 1.06. The molecular weight excluding hydrogens is 282 g/mol. The lowest BCUT2D eigenvalue weighted by Gasteiger charge is -2.25. The Morgan fingerprint density at radius 1 is 1.00 bits per heavy atom. The van der Waals surface area contributed by atoms with Crippen molar-refractivity contribution in [2.24, 2.45) is 11.8 Å². The molecule has 0 amide bonds. The van der Waals surface area contributed by atoms with Gasteiger partial charge in [-0.25, -0.2) is 0 Å². The highest BCUT2D eigenvalue weighted by atomic mass is 16.3. The van der Waals surface area contributed by atoms with Crippen LogP contribution in [-0.2, 0) is 0 Å². The summed E-state index contributed by atoms with van der Waals surface area (Å²) in [7, 11) is 0. The van der Waals surface area contributed by atoms with Gasteiger partial charge in [0.1, 0.15) is 0 Å². The van der Waals surface area contributed by atoms with E-state index in [1.54, 1.807) is 0 Å². The first-order chi connectivity index (χ1) is 11.3. The number of benzene rings is 2. The zero-order valence-electron chi connectivity index (χ0n) is 13.8. The minimum Gasteiger partial charge on any atom is -0.388 e. The van der Waals surface area contributed by atoms with Gasteiger partial charge in [-0.3, -0.25) is 0 Å². The van der Waals surface area contributed by atoms with Crippen molar-refractivity contribution in [2.75, 3.05) is 19.6 Å². The molecule has 1 aliphatic heterocycles. The quantitative estimate of drug-likeness (QED) is 0.905. The molecule has 2 nitrogen and oxygen atoms in total. The summed E-state index contributed by atoms with van der Waals surface area (Å²) < 4.78 is 0. The molecule has 0 spiro atoms. The fraction of sp³-hybridized carbons (Fsp3) is 0.524. The van der Waals surface area contributed by atoms with E-state index < -0.39 is 0 Å². The Morgan fingerprint density at radius 3 is 2.74 bits per heavy atom. The van der Waals surface area contributed by atoms with Gasteiger partial charge in [-0.1, -0.05) is 42.8 Å². The predicted molar refractivity (Wildman–Crippen MR) is 95.4 cm³/mol. The first-order valence-electron chi connectivity index (χ1n) is 9.17. The topological polar surface area (TPSA) is 23.5 Å². The van der Waals surface area contributed by atoms with Gasteiger partial charge in [0.2, 0.25) is 0 Å². The Kier molecular flexibility index (Phi) is 4.37. The molecule has 2 bridgehead atoms. The molecule has 122 valence electrons. The monoisotopic (exact) mass is 309 g/mol. The van der Waals surface area contributed by atoms with E-state index in [-0.39, 0.29) is 6.10 Å². The molecule has 2 aliphatic rings. The van der Waals surface area contributed by atoms with Crippen LogP contribution in [0.3, 0.4) is 0 Å². The van der Waals surface area contributed by atoms with E-state index in [4.69, 9.17) is 0 Å². The van der Waals surface area contributed by atoms with Crippen molar-refractivity contribution in [3.05, 3.63) is 48.0 Å². The minimum atomic E-state index is -0.347. The van der Waals surface area contributed by atoms with Crippen LogP contribution in [-0.4, -0.2) is 29.6 Å². The summed E-state index contributed by atoms with van der Waals surface area (Å²) in [6.45, 7) is 3.50. The average Bonchev–Trinajstić information content (AvgIpc) is 2.92. The van der Waals surface area contributed by atoms with Gasteiger partial charge in [0.25, 0.3) is 0 Å². The van der Waals surface area contributed by atoms with Crippen LogP contribution in [0.25, 0.3) is 10.8 Å². The molecule has 1 N–H and O–H groups in total. The van der Waals surface area contributed by atoms with Gasteiger partial charge >= 0.3 is 0 Å². The normalized spacial score (nSPS) is 26.3. The highest BCUT2D eigenvalue weighted by Crippen LogP contribution is 2.36. The zero-order valence-corrected chi connectivity index (χ0v) is 13.8. The average molecular weight is 309 g/mol. The molecule has 2 heteroatoms. The second-order valence-electron chi connectivity index (χ2n) is 7.55. The molecule has 1 aliphatic carbocycles. The lowest BCUT2D eigenvalue weighted by Crippen LogP contribution is -2.30. The Hall–Kier alpha value is -1.38. The number of aliphatic hydroxyl groups is 1. The summed E-state index contributed by atoms with van der Waals surface area (Å²) in [5, 5.41) is 13.0. The van der Waals surface area contributed by atoms with E-state index >= 15 is 0 Å². The molecule has 0 unspecified atom stereocenters. The Labute approximate surface area is 139 Å². The summed E-state index contributed by atoms with van der Waals surface area (Å²) in [6, 6.07) is 14.7. The summed E-state index contributed by atoms with van der Waals surface area (Å²) in [5.74, 6) is 1.90. The van der Waals surface area contributed by atoms with Crippen molar-refractivity contribution in [1.82, 2.24) is 4.90 Å². The molecule has 0 aromatic heterocycles. The molecule has 23 heavy (non-hydrogen) atoms. The molecule has 4 rings (SSSR count). The molecule has 1 saturated heterocycles. The van der Waals surface area contributed by atoms with Gasteiger partial charge in [0, 0.05) is 13.1 Å². The van der Waals surface area contributed by atoms with Crippen molar-refractivity contribution in [3.63, 3.8) is 0 Å². The molecule has 1 heterocycles. The van der Waals surface area contributed by atoms with Crippen LogP contribution >= 0.6 is 0 Å². The van der Waals surface area contributed by atoms with E-state index in [1.807, 2.05) is 0 Å². The number of aliphatic hydroxyl groups excluding tert-OH is 1. The molecular formula is C21H27NO. The van der Waals surface area contributed by atoms with Gasteiger partial charge in [-0.15, -0.1) is 0 Å². The molecule has 2 aromatic carbocycles. The van der Waals surface area contributed by atoms with Crippen molar-refractivity contribution >= 4 is 10.8 Å². The van der Waals surface area contributed by atoms with Crippen molar-refractivity contribution in [3.8, 4) is 0 Å². The first-order valence-corrected chi connectivity index (χ1v) is 9.17. The highest BCUT2D eigenvalue weighted by Gasteiger charge is 2.29. The maximum atomic E-state index is 10.6. The second kappa shape index (κ2) is 6.62. The smallest absolute Gasteiger partial charge is 0.0802 e. The summed E-state index contributed by atoms with van der Waals surface area (Å²) >= 11 is 0. The van der Waals surface area contributed by atoms with Gasteiger partial charge in [0.15, 0.2) is 0 Å². The van der Waals surface area contributed by atoms with Crippen LogP contribution in [0.2, 0.25) is 0 Å². The number of hydrogen-bond donors (Lipinski definition) is 1. The molecule has 2 aromatic rings. The van der Waals surface area contributed by atoms with Gasteiger partial charge < -0.3 is 10.0 Å². The third-order valence-corrected chi connectivity index (χ3v) is 5.90. The highest BCUT2D eigenvalue weighted by molar-refractivity contribution is 5.83. The van der Waals surface area contributed by atoms with Crippen LogP contribution in [0.1, 0.15) is 43.8 Å². The number of fused-ring (bicyclic) bond motifs is 3. The van der Waals surface area contributed by atoms with Crippen molar-refractivity contribution in [2.45, 2.75) is 38.2 Å². The number of nitrogens with zero attached hydrogens (tertiary/aromatic N) is 1. The van der Waals surface area contributed by atoms with Crippen LogP contribution < -0.4 is 0 Å². The third-order valence-electron chi connectivity index (χ3n) is 5.90. The third kappa shape index (κ3) is 3.44. The lowest BCUT2D eigenvalue weighted by atomic mass is 10.0. The Bertz CT molecular complexity index is 668. The molecule has 0 radical (unpaired) electrons. The SMILES string of the molecule is O[C@H](CCN1CC[C@@H]2CC[C@@H](C2)C1)c1ccc2ccccc2c1. The van der Waals surface area contributed by atoms with Crippen LogP contribution in [0.5, 0.6) is 0 Å². The molecule has 2 fully saturated rings. The fourth-order valence-corrected chi connectivity index (χ4v) is 4.52. The van der Waals surface area contributed by atoms with Gasteiger partial charge in [-0.05, 0) is 66.5 Å². The van der Waals surface area contributed by atoms with Crippen molar-refractivity contribution < 1.29 is 5.11 Å². The van der Waals surface area contributed by atoms with E-state index in [0.29, 0.717) is 0 Å². The van der Waals surface area contributed by atoms with E-state index in [1.165, 1.54) is 49.5 Å².